The largest absolute Gasteiger partial charge is 0.514 e. The van der Waals surface area contributed by atoms with Crippen molar-refractivity contribution in [1.82, 2.24) is 0 Å². The molecule has 0 aliphatic carbocycles. The Morgan fingerprint density at radius 3 is 2.88 bits per heavy atom. The van der Waals surface area contributed by atoms with Gasteiger partial charge in [-0.05, 0) is 6.92 Å². The molecule has 1 rings (SSSR count). The van der Waals surface area contributed by atoms with Crippen LogP contribution in [-0.2, 0) is 9.47 Å². The Labute approximate surface area is 96.1 Å². The Kier molecular flexibility index (Phi) is 4.59. The van der Waals surface area contributed by atoms with Gasteiger partial charge in [-0.2, -0.15) is 0 Å². The average Bonchev–Trinajstić information content (AvgIpc) is 2.65. The molecule has 0 saturated heterocycles. The van der Waals surface area contributed by atoms with Crippen LogP contribution in [0.2, 0.25) is 0 Å². The highest BCUT2D eigenvalue weighted by Crippen LogP contribution is 2.27. The predicted molar refractivity (Wildman–Crippen MR) is 58.0 cm³/mol. The summed E-state index contributed by atoms with van der Waals surface area (Å²) in [4.78, 5) is 21.8. The first kappa shape index (κ1) is 12.3. The van der Waals surface area contributed by atoms with E-state index < -0.39 is 12.2 Å². The van der Waals surface area contributed by atoms with Crippen molar-refractivity contribution < 1.29 is 23.8 Å². The summed E-state index contributed by atoms with van der Waals surface area (Å²) in [6, 6.07) is 1.50. The van der Waals surface area contributed by atoms with Gasteiger partial charge in [-0.1, -0.05) is 0 Å². The van der Waals surface area contributed by atoms with E-state index in [1.165, 1.54) is 13.2 Å². The number of rotatable bonds is 3. The Bertz CT molecular complexity index is 376. The van der Waals surface area contributed by atoms with Crippen molar-refractivity contribution in [2.75, 3.05) is 19.0 Å². The van der Waals surface area contributed by atoms with Gasteiger partial charge in [0.1, 0.15) is 0 Å². The summed E-state index contributed by atoms with van der Waals surface area (Å²) in [5, 5.41) is 4.42. The zero-order valence-corrected chi connectivity index (χ0v) is 9.63. The molecule has 0 radical (unpaired) electrons. The maximum Gasteiger partial charge on any atom is 0.514 e. The summed E-state index contributed by atoms with van der Waals surface area (Å²) in [5.41, 5.74) is 0.502. The second-order valence-electron chi connectivity index (χ2n) is 2.56. The van der Waals surface area contributed by atoms with E-state index in [4.69, 9.17) is 4.74 Å². The Morgan fingerprint density at radius 2 is 2.25 bits per heavy atom. The van der Waals surface area contributed by atoms with Crippen molar-refractivity contribution >= 4 is 29.3 Å². The number of nitrogens with one attached hydrogen (secondary N) is 1. The molecular formula is C9H11NO5S. The van der Waals surface area contributed by atoms with E-state index in [1.807, 2.05) is 0 Å². The summed E-state index contributed by atoms with van der Waals surface area (Å²) in [5.74, 6) is 0. The van der Waals surface area contributed by atoms with Crippen LogP contribution in [0, 0.1) is 0 Å². The molecule has 0 atom stereocenters. The molecule has 0 saturated carbocycles. The molecule has 7 heteroatoms. The highest BCUT2D eigenvalue weighted by Gasteiger charge is 2.08. The van der Waals surface area contributed by atoms with E-state index in [9.17, 15) is 9.59 Å². The van der Waals surface area contributed by atoms with Crippen LogP contribution in [0.4, 0.5) is 15.3 Å². The molecule has 1 heterocycles. The second-order valence-corrected chi connectivity index (χ2v) is 3.43. The maximum atomic E-state index is 11.0. The molecule has 1 N–H and O–H groups in total. The van der Waals surface area contributed by atoms with E-state index in [0.29, 0.717) is 17.4 Å². The number of hydrogen-bond donors (Lipinski definition) is 1. The number of methoxy groups -OCH3 is 1. The van der Waals surface area contributed by atoms with Crippen LogP contribution in [0.1, 0.15) is 6.92 Å². The van der Waals surface area contributed by atoms with Crippen molar-refractivity contribution in [2.24, 2.45) is 0 Å². The fourth-order valence-corrected chi connectivity index (χ4v) is 1.53. The van der Waals surface area contributed by atoms with E-state index in [2.05, 4.69) is 14.8 Å². The number of hydrogen-bond acceptors (Lipinski definition) is 6. The number of thiophene rings is 1. The number of carbonyl (C=O) groups is 2. The van der Waals surface area contributed by atoms with E-state index in [0.717, 1.165) is 11.3 Å². The van der Waals surface area contributed by atoms with Gasteiger partial charge < -0.3 is 14.2 Å². The number of amides is 1. The van der Waals surface area contributed by atoms with E-state index in [-0.39, 0.29) is 0 Å². The molecule has 0 aliphatic rings. The zero-order valence-electron chi connectivity index (χ0n) is 8.81. The monoisotopic (exact) mass is 245 g/mol. The predicted octanol–water partition coefficient (Wildman–Crippen LogP) is 2.46. The minimum Gasteiger partial charge on any atom is -0.450 e. The highest BCUT2D eigenvalue weighted by atomic mass is 32.1. The SMILES string of the molecule is CCOC(=O)Nc1csc(OC(=O)OC)c1. The van der Waals surface area contributed by atoms with Crippen LogP contribution >= 0.6 is 11.3 Å². The summed E-state index contributed by atoms with van der Waals surface area (Å²) in [6.45, 7) is 2.00. The van der Waals surface area contributed by atoms with Gasteiger partial charge in [-0.25, -0.2) is 9.59 Å². The fraction of sp³-hybridized carbons (Fsp3) is 0.333. The lowest BCUT2D eigenvalue weighted by molar-refractivity contribution is 0.123. The van der Waals surface area contributed by atoms with Crippen LogP contribution in [0.3, 0.4) is 0 Å². The van der Waals surface area contributed by atoms with Crippen molar-refractivity contribution in [3.63, 3.8) is 0 Å². The molecule has 0 fully saturated rings. The van der Waals surface area contributed by atoms with Crippen LogP contribution in [0.5, 0.6) is 5.06 Å². The topological polar surface area (TPSA) is 73.9 Å². The van der Waals surface area contributed by atoms with Crippen molar-refractivity contribution in [2.45, 2.75) is 6.92 Å². The lowest BCUT2D eigenvalue weighted by atomic mass is 10.5. The number of carbonyl (C=O) groups excluding carboxylic acids is 2. The first-order valence-electron chi connectivity index (χ1n) is 4.43. The smallest absolute Gasteiger partial charge is 0.450 e. The Morgan fingerprint density at radius 1 is 1.50 bits per heavy atom. The standard InChI is InChI=1S/C9H11NO5S/c1-3-14-8(11)10-6-4-7(16-5-6)15-9(12)13-2/h4-5H,3H2,1-2H3,(H,10,11). The van der Waals surface area contributed by atoms with Crippen LogP contribution in [0.15, 0.2) is 11.4 Å². The van der Waals surface area contributed by atoms with Gasteiger partial charge in [-0.15, -0.1) is 11.3 Å². The van der Waals surface area contributed by atoms with E-state index >= 15 is 0 Å². The summed E-state index contributed by atoms with van der Waals surface area (Å²) in [7, 11) is 1.22. The molecule has 1 amide bonds. The molecule has 0 bridgehead atoms. The van der Waals surface area contributed by atoms with Crippen molar-refractivity contribution in [3.05, 3.63) is 11.4 Å². The molecule has 88 valence electrons. The number of ether oxygens (including phenoxy) is 3. The third kappa shape index (κ3) is 3.77. The quantitative estimate of drug-likeness (QED) is 0.828. The van der Waals surface area contributed by atoms with Gasteiger partial charge in [0.05, 0.1) is 19.4 Å². The minimum absolute atomic E-state index is 0.293. The van der Waals surface area contributed by atoms with Crippen LogP contribution in [-0.4, -0.2) is 26.0 Å². The maximum absolute atomic E-state index is 11.0. The van der Waals surface area contributed by atoms with Gasteiger partial charge in [-0.3, -0.25) is 5.32 Å². The fourth-order valence-electron chi connectivity index (χ4n) is 0.844. The molecular weight excluding hydrogens is 234 g/mol. The Balaban J connectivity index is 2.51. The molecule has 0 spiro atoms. The molecule has 0 aromatic carbocycles. The van der Waals surface area contributed by atoms with Gasteiger partial charge in [0.2, 0.25) is 0 Å². The zero-order chi connectivity index (χ0) is 12.0. The van der Waals surface area contributed by atoms with Crippen molar-refractivity contribution in [1.29, 1.82) is 0 Å². The van der Waals surface area contributed by atoms with Crippen LogP contribution in [0.25, 0.3) is 0 Å². The minimum atomic E-state index is -0.801. The molecule has 16 heavy (non-hydrogen) atoms. The van der Waals surface area contributed by atoms with Gasteiger partial charge in [0.15, 0.2) is 5.06 Å². The first-order valence-corrected chi connectivity index (χ1v) is 5.31. The molecule has 1 aromatic heterocycles. The van der Waals surface area contributed by atoms with Gasteiger partial charge in [0, 0.05) is 11.4 Å². The van der Waals surface area contributed by atoms with Gasteiger partial charge >= 0.3 is 12.2 Å². The summed E-state index contributed by atoms with van der Waals surface area (Å²) < 4.78 is 13.7. The average molecular weight is 245 g/mol. The lowest BCUT2D eigenvalue weighted by Crippen LogP contribution is -2.12. The summed E-state index contributed by atoms with van der Waals surface area (Å²) in [6.07, 6.45) is -1.35. The lowest BCUT2D eigenvalue weighted by Gasteiger charge is -2.01. The Hall–Kier alpha value is -1.76. The second kappa shape index (κ2) is 5.96. The number of anilines is 1. The summed E-state index contributed by atoms with van der Waals surface area (Å²) >= 11 is 1.16. The third-order valence-electron chi connectivity index (χ3n) is 1.45. The van der Waals surface area contributed by atoms with Gasteiger partial charge in [0.25, 0.3) is 0 Å². The van der Waals surface area contributed by atoms with E-state index in [1.54, 1.807) is 12.3 Å². The first-order chi connectivity index (χ1) is 7.65. The molecule has 1 aromatic rings. The third-order valence-corrected chi connectivity index (χ3v) is 2.25. The van der Waals surface area contributed by atoms with Crippen LogP contribution < -0.4 is 10.1 Å². The highest BCUT2D eigenvalue weighted by molar-refractivity contribution is 7.12. The molecule has 6 nitrogen and oxygen atoms in total. The van der Waals surface area contributed by atoms with Crippen molar-refractivity contribution in [3.8, 4) is 5.06 Å². The molecule has 0 aliphatic heterocycles. The normalized spacial score (nSPS) is 9.38. The molecule has 0 unspecified atom stereocenters.